The molecule has 1 heterocycles. The third-order valence-corrected chi connectivity index (χ3v) is 4.13. The first kappa shape index (κ1) is 15.3. The molecular weight excluding hydrogens is 284 g/mol. The van der Waals surface area contributed by atoms with Crippen LogP contribution in [0.1, 0.15) is 40.7 Å². The molecule has 0 bridgehead atoms. The van der Waals surface area contributed by atoms with Crippen LogP contribution < -0.4 is 10.6 Å². The van der Waals surface area contributed by atoms with Gasteiger partial charge in [0.1, 0.15) is 0 Å². The maximum absolute atomic E-state index is 12.2. The minimum atomic E-state index is -0.0954. The molecule has 110 valence electrons. The Bertz CT molecular complexity index is 606. The van der Waals surface area contributed by atoms with E-state index in [1.165, 1.54) is 6.92 Å². The van der Waals surface area contributed by atoms with E-state index in [0.29, 0.717) is 12.1 Å². The summed E-state index contributed by atoms with van der Waals surface area (Å²) < 4.78 is 0. The van der Waals surface area contributed by atoms with Gasteiger partial charge in [0.2, 0.25) is 5.91 Å². The monoisotopic (exact) mass is 302 g/mol. The summed E-state index contributed by atoms with van der Waals surface area (Å²) in [7, 11) is 0. The SMILES string of the molecule is CC(=O)NCc1ccc(C(=O)NC(C)c2cccs2)cc1. The van der Waals surface area contributed by atoms with Crippen LogP contribution in [0.2, 0.25) is 0 Å². The average Bonchev–Trinajstić information content (AvgIpc) is 3.00. The van der Waals surface area contributed by atoms with Gasteiger partial charge < -0.3 is 10.6 Å². The van der Waals surface area contributed by atoms with E-state index < -0.39 is 0 Å². The number of thiophene rings is 1. The van der Waals surface area contributed by atoms with Crippen LogP contribution in [-0.4, -0.2) is 11.8 Å². The molecule has 0 spiro atoms. The van der Waals surface area contributed by atoms with Crippen LogP contribution in [0.4, 0.5) is 0 Å². The highest BCUT2D eigenvalue weighted by atomic mass is 32.1. The Morgan fingerprint density at radius 2 is 1.90 bits per heavy atom. The quantitative estimate of drug-likeness (QED) is 0.892. The van der Waals surface area contributed by atoms with E-state index >= 15 is 0 Å². The standard InChI is InChI=1S/C16H18N2O2S/c1-11(15-4-3-9-21-15)18-16(20)14-7-5-13(6-8-14)10-17-12(2)19/h3-9,11H,10H2,1-2H3,(H,17,19)(H,18,20). The summed E-state index contributed by atoms with van der Waals surface area (Å²) in [6.45, 7) is 3.92. The van der Waals surface area contributed by atoms with Crippen LogP contribution in [-0.2, 0) is 11.3 Å². The topological polar surface area (TPSA) is 58.2 Å². The zero-order valence-corrected chi connectivity index (χ0v) is 12.9. The molecule has 21 heavy (non-hydrogen) atoms. The number of hydrogen-bond donors (Lipinski definition) is 2. The van der Waals surface area contributed by atoms with E-state index in [1.54, 1.807) is 23.5 Å². The van der Waals surface area contributed by atoms with Gasteiger partial charge in [0.25, 0.3) is 5.91 Å². The lowest BCUT2D eigenvalue weighted by molar-refractivity contribution is -0.119. The minimum Gasteiger partial charge on any atom is -0.352 e. The lowest BCUT2D eigenvalue weighted by Gasteiger charge is -2.12. The van der Waals surface area contributed by atoms with Gasteiger partial charge in [-0.05, 0) is 36.1 Å². The fourth-order valence-corrected chi connectivity index (χ4v) is 2.62. The van der Waals surface area contributed by atoms with Crippen molar-refractivity contribution in [1.29, 1.82) is 0 Å². The van der Waals surface area contributed by atoms with Crippen molar-refractivity contribution in [2.75, 3.05) is 0 Å². The van der Waals surface area contributed by atoms with Gasteiger partial charge in [0, 0.05) is 23.9 Å². The van der Waals surface area contributed by atoms with Crippen molar-refractivity contribution in [2.45, 2.75) is 26.4 Å². The van der Waals surface area contributed by atoms with E-state index in [4.69, 9.17) is 0 Å². The summed E-state index contributed by atoms with van der Waals surface area (Å²) in [6, 6.07) is 11.2. The van der Waals surface area contributed by atoms with E-state index in [0.717, 1.165) is 10.4 Å². The molecule has 0 aliphatic heterocycles. The maximum atomic E-state index is 12.2. The molecule has 0 aliphatic rings. The fourth-order valence-electron chi connectivity index (χ4n) is 1.89. The molecule has 1 aromatic carbocycles. The van der Waals surface area contributed by atoms with Crippen molar-refractivity contribution in [1.82, 2.24) is 10.6 Å². The molecule has 0 fully saturated rings. The summed E-state index contributed by atoms with van der Waals surface area (Å²) in [5.74, 6) is -0.163. The number of nitrogens with one attached hydrogen (secondary N) is 2. The van der Waals surface area contributed by atoms with Gasteiger partial charge >= 0.3 is 0 Å². The van der Waals surface area contributed by atoms with Crippen LogP contribution in [0.5, 0.6) is 0 Å². The second-order valence-electron chi connectivity index (χ2n) is 4.82. The first-order valence-electron chi connectivity index (χ1n) is 6.74. The van der Waals surface area contributed by atoms with Gasteiger partial charge in [-0.3, -0.25) is 9.59 Å². The molecule has 1 atom stereocenters. The van der Waals surface area contributed by atoms with Gasteiger partial charge in [0.05, 0.1) is 6.04 Å². The highest BCUT2D eigenvalue weighted by molar-refractivity contribution is 7.10. The normalized spacial score (nSPS) is 11.7. The lowest BCUT2D eigenvalue weighted by atomic mass is 10.1. The predicted octanol–water partition coefficient (Wildman–Crippen LogP) is 2.88. The average molecular weight is 302 g/mol. The number of carbonyl (C=O) groups excluding carboxylic acids is 2. The van der Waals surface area contributed by atoms with Crippen molar-refractivity contribution >= 4 is 23.2 Å². The number of amides is 2. The first-order valence-corrected chi connectivity index (χ1v) is 7.62. The number of rotatable bonds is 5. The van der Waals surface area contributed by atoms with Crippen molar-refractivity contribution in [3.05, 3.63) is 57.8 Å². The van der Waals surface area contributed by atoms with Gasteiger partial charge in [0.15, 0.2) is 0 Å². The van der Waals surface area contributed by atoms with E-state index in [1.807, 2.05) is 36.6 Å². The van der Waals surface area contributed by atoms with E-state index in [9.17, 15) is 9.59 Å². The summed E-state index contributed by atoms with van der Waals surface area (Å²) in [5.41, 5.74) is 1.58. The van der Waals surface area contributed by atoms with Crippen LogP contribution >= 0.6 is 11.3 Å². The molecule has 2 rings (SSSR count). The Morgan fingerprint density at radius 1 is 1.19 bits per heavy atom. The van der Waals surface area contributed by atoms with Crippen LogP contribution in [0.25, 0.3) is 0 Å². The maximum Gasteiger partial charge on any atom is 0.251 e. The number of hydrogen-bond acceptors (Lipinski definition) is 3. The van der Waals surface area contributed by atoms with Crippen molar-refractivity contribution in [2.24, 2.45) is 0 Å². The van der Waals surface area contributed by atoms with Gasteiger partial charge in [-0.15, -0.1) is 11.3 Å². The molecule has 0 saturated carbocycles. The molecule has 2 N–H and O–H groups in total. The van der Waals surface area contributed by atoms with Crippen LogP contribution in [0.15, 0.2) is 41.8 Å². The second-order valence-corrected chi connectivity index (χ2v) is 5.80. The molecule has 0 radical (unpaired) electrons. The highest BCUT2D eigenvalue weighted by Gasteiger charge is 2.11. The Labute approximate surface area is 128 Å². The molecule has 2 aromatic rings. The largest absolute Gasteiger partial charge is 0.352 e. The summed E-state index contributed by atoms with van der Waals surface area (Å²) in [5, 5.41) is 7.69. The molecule has 0 aliphatic carbocycles. The Hall–Kier alpha value is -2.14. The zero-order chi connectivity index (χ0) is 15.2. The zero-order valence-electron chi connectivity index (χ0n) is 12.1. The van der Waals surface area contributed by atoms with Crippen molar-refractivity contribution < 1.29 is 9.59 Å². The van der Waals surface area contributed by atoms with Crippen LogP contribution in [0.3, 0.4) is 0 Å². The van der Waals surface area contributed by atoms with E-state index in [2.05, 4.69) is 10.6 Å². The number of benzene rings is 1. The summed E-state index contributed by atoms with van der Waals surface area (Å²) in [4.78, 5) is 24.1. The van der Waals surface area contributed by atoms with Crippen molar-refractivity contribution in [3.8, 4) is 0 Å². The molecular formula is C16H18N2O2S. The predicted molar refractivity (Wildman–Crippen MR) is 84.2 cm³/mol. The molecule has 0 saturated heterocycles. The lowest BCUT2D eigenvalue weighted by Crippen LogP contribution is -2.26. The second kappa shape index (κ2) is 7.04. The van der Waals surface area contributed by atoms with E-state index in [-0.39, 0.29) is 17.9 Å². The highest BCUT2D eigenvalue weighted by Crippen LogP contribution is 2.18. The third kappa shape index (κ3) is 4.43. The Balaban J connectivity index is 1.95. The van der Waals surface area contributed by atoms with Gasteiger partial charge in [-0.2, -0.15) is 0 Å². The van der Waals surface area contributed by atoms with Crippen molar-refractivity contribution in [3.63, 3.8) is 0 Å². The first-order chi connectivity index (χ1) is 10.1. The summed E-state index contributed by atoms with van der Waals surface area (Å²) in [6.07, 6.45) is 0. The smallest absolute Gasteiger partial charge is 0.251 e. The number of carbonyl (C=O) groups is 2. The molecule has 4 nitrogen and oxygen atoms in total. The van der Waals surface area contributed by atoms with Crippen LogP contribution in [0, 0.1) is 0 Å². The molecule has 5 heteroatoms. The minimum absolute atomic E-state index is 0.00319. The molecule has 1 aromatic heterocycles. The molecule has 1 unspecified atom stereocenters. The fraction of sp³-hybridized carbons (Fsp3) is 0.250. The third-order valence-electron chi connectivity index (χ3n) is 3.08. The summed E-state index contributed by atoms with van der Waals surface area (Å²) >= 11 is 1.63. The molecule has 2 amide bonds. The Morgan fingerprint density at radius 3 is 2.48 bits per heavy atom. The Kier molecular flexibility index (Phi) is 5.11. The van der Waals surface area contributed by atoms with Gasteiger partial charge in [-0.1, -0.05) is 18.2 Å². The van der Waals surface area contributed by atoms with Gasteiger partial charge in [-0.25, -0.2) is 0 Å².